The number of carbonyl (C=O) groups is 1. The Labute approximate surface area is 237 Å². The van der Waals surface area contributed by atoms with Crippen molar-refractivity contribution in [3.05, 3.63) is 0 Å². The van der Waals surface area contributed by atoms with Gasteiger partial charge in [0.2, 0.25) is 0 Å². The third-order valence-corrected chi connectivity index (χ3v) is 12.1. The van der Waals surface area contributed by atoms with Gasteiger partial charge in [-0.2, -0.15) is 0 Å². The van der Waals surface area contributed by atoms with Crippen LogP contribution in [0.5, 0.6) is 0 Å². The molecular weight excluding hydrogens is 494 g/mol. The van der Waals surface area contributed by atoms with E-state index in [1.165, 1.54) is 128 Å². The summed E-state index contributed by atoms with van der Waals surface area (Å²) in [6, 6.07) is 2.60. The summed E-state index contributed by atoms with van der Waals surface area (Å²) in [5.74, 6) is 0.988. The maximum atomic E-state index is 12.3. The summed E-state index contributed by atoms with van der Waals surface area (Å²) < 4.78 is 8.19. The van der Waals surface area contributed by atoms with E-state index >= 15 is 0 Å². The van der Waals surface area contributed by atoms with Crippen LogP contribution in [0.15, 0.2) is 0 Å². The van der Waals surface area contributed by atoms with Crippen molar-refractivity contribution in [1.82, 2.24) is 4.73 Å². The smallest absolute Gasteiger partial charge is 0.188 e. The molecule has 1 saturated heterocycles. The van der Waals surface area contributed by atoms with Gasteiger partial charge in [0.1, 0.15) is 8.96 Å². The van der Waals surface area contributed by atoms with Gasteiger partial charge in [0.25, 0.3) is 0 Å². The number of carbonyl (C=O) groups excluding carboxylic acids is 1. The number of unbranched alkanes of at least 4 members (excludes halogenated alkanes) is 14. The molecule has 1 heterocycles. The third-order valence-electron chi connectivity index (χ3n) is 7.70. The Morgan fingerprint density at radius 1 is 0.730 bits per heavy atom. The number of hydrogen-bond donors (Lipinski definition) is 0. The van der Waals surface area contributed by atoms with Gasteiger partial charge in [0.05, 0.1) is 0 Å². The highest BCUT2D eigenvalue weighted by Crippen LogP contribution is 2.21. The van der Waals surface area contributed by atoms with E-state index in [1.807, 2.05) is 0 Å². The van der Waals surface area contributed by atoms with Crippen LogP contribution in [-0.2, 0) is 14.4 Å². The summed E-state index contributed by atoms with van der Waals surface area (Å²) in [5.41, 5.74) is 0. The monoisotopic (exact) mass is 557 g/mol. The van der Waals surface area contributed by atoms with E-state index in [4.69, 9.17) is 9.57 Å². The number of hydrogen-bond acceptors (Lipinski definition) is 5. The maximum absolute atomic E-state index is 12.3. The molecule has 6 heteroatoms. The number of nitrogens with zero attached hydrogens (tertiary/aromatic N) is 1. The molecule has 0 aromatic carbocycles. The van der Waals surface area contributed by atoms with Gasteiger partial charge in [-0.15, -0.1) is 0 Å². The maximum Gasteiger partial charge on any atom is 0.188 e. The zero-order valence-corrected chi connectivity index (χ0v) is 26.9. The van der Waals surface area contributed by atoms with Gasteiger partial charge < -0.3 is 4.74 Å². The molecule has 220 valence electrons. The molecule has 37 heavy (non-hydrogen) atoms. The Morgan fingerprint density at radius 2 is 1.32 bits per heavy atom. The van der Waals surface area contributed by atoms with Crippen molar-refractivity contribution in [1.29, 1.82) is 0 Å². The first kappa shape index (κ1) is 35.1. The van der Waals surface area contributed by atoms with Crippen LogP contribution in [-0.4, -0.2) is 44.5 Å². The Balaban J connectivity index is 2.08. The number of thioether (sulfide) groups is 1. The Bertz CT molecular complexity index is 497. The highest BCUT2D eigenvalue weighted by molar-refractivity contribution is 8.13. The molecule has 1 aliphatic heterocycles. The molecule has 1 atom stereocenters. The van der Waals surface area contributed by atoms with E-state index in [0.29, 0.717) is 11.9 Å². The average molecular weight is 558 g/mol. The lowest BCUT2D eigenvalue weighted by Gasteiger charge is -2.31. The van der Waals surface area contributed by atoms with Crippen molar-refractivity contribution in [3.8, 4) is 0 Å². The molecule has 0 aliphatic carbocycles. The van der Waals surface area contributed by atoms with Crippen LogP contribution in [0.1, 0.15) is 155 Å². The molecule has 0 aromatic heterocycles. The minimum Gasteiger partial charge on any atom is -0.354 e. The summed E-state index contributed by atoms with van der Waals surface area (Å²) in [5, 5.41) is 0.411. The third kappa shape index (κ3) is 22.6. The zero-order valence-electron chi connectivity index (χ0n) is 25.0. The lowest BCUT2D eigenvalue weighted by molar-refractivity contribution is -0.181. The first-order valence-corrected chi connectivity index (χ1v) is 19.5. The fraction of sp³-hybridized carbons (Fsp3) is 0.968. The van der Waals surface area contributed by atoms with Crippen LogP contribution in [0, 0.1) is 0 Å². The van der Waals surface area contributed by atoms with Crippen LogP contribution in [0.2, 0.25) is 12.1 Å². The van der Waals surface area contributed by atoms with Gasteiger partial charge in [-0.1, -0.05) is 135 Å². The van der Waals surface area contributed by atoms with Gasteiger partial charge in [-0.25, -0.2) is 4.73 Å². The van der Waals surface area contributed by atoms with E-state index in [0.717, 1.165) is 44.6 Å². The number of rotatable bonds is 25. The topological polar surface area (TPSA) is 38.8 Å². The molecule has 1 unspecified atom stereocenters. The van der Waals surface area contributed by atoms with Crippen LogP contribution < -0.4 is 0 Å². The molecule has 0 aromatic rings. The molecule has 1 fully saturated rings. The normalized spacial score (nSPS) is 17.1. The molecule has 0 saturated carbocycles. The van der Waals surface area contributed by atoms with Crippen molar-refractivity contribution in [3.63, 3.8) is 0 Å². The first-order chi connectivity index (χ1) is 18.3. The van der Waals surface area contributed by atoms with Gasteiger partial charge in [0, 0.05) is 25.3 Å². The van der Waals surface area contributed by atoms with Crippen molar-refractivity contribution in [2.45, 2.75) is 167 Å². The van der Waals surface area contributed by atoms with Gasteiger partial charge in [-0.05, 0) is 37.8 Å². The van der Waals surface area contributed by atoms with Crippen LogP contribution in [0.4, 0.5) is 0 Å². The van der Waals surface area contributed by atoms with Crippen molar-refractivity contribution < 1.29 is 14.4 Å². The SMILES string of the molecule is CCCCCCCCCCCC(=O)SCCC[SiH]1CCCCCCN1OCOCCCCCCCCC. The van der Waals surface area contributed by atoms with E-state index in [1.54, 1.807) is 11.8 Å². The molecule has 0 bridgehead atoms. The van der Waals surface area contributed by atoms with Crippen LogP contribution in [0.25, 0.3) is 0 Å². The molecule has 1 rings (SSSR count). The number of ether oxygens (including phenoxy) is 1. The minimum atomic E-state index is -1.10. The van der Waals surface area contributed by atoms with Gasteiger partial charge in [0.15, 0.2) is 11.9 Å². The Kier molecular flexibility index (Phi) is 26.3. The Morgan fingerprint density at radius 3 is 2.00 bits per heavy atom. The minimum absolute atomic E-state index is 0.411. The molecule has 0 radical (unpaired) electrons. The molecule has 4 nitrogen and oxygen atoms in total. The van der Waals surface area contributed by atoms with Crippen molar-refractivity contribution >= 4 is 25.8 Å². The highest BCUT2D eigenvalue weighted by Gasteiger charge is 2.22. The van der Waals surface area contributed by atoms with Crippen molar-refractivity contribution in [2.24, 2.45) is 0 Å². The lowest BCUT2D eigenvalue weighted by atomic mass is 10.1. The first-order valence-electron chi connectivity index (χ1n) is 16.4. The summed E-state index contributed by atoms with van der Waals surface area (Å²) in [6.07, 6.45) is 28.2. The van der Waals surface area contributed by atoms with E-state index in [9.17, 15) is 4.79 Å². The molecule has 0 amide bonds. The second-order valence-electron chi connectivity index (χ2n) is 11.2. The quantitative estimate of drug-likeness (QED) is 0.0634. The summed E-state index contributed by atoms with van der Waals surface area (Å²) in [4.78, 5) is 18.5. The second kappa shape index (κ2) is 27.7. The summed E-state index contributed by atoms with van der Waals surface area (Å²) in [7, 11) is -1.10. The molecule has 0 spiro atoms. The predicted octanol–water partition coefficient (Wildman–Crippen LogP) is 9.81. The fourth-order valence-corrected chi connectivity index (χ4v) is 9.51. The predicted molar refractivity (Wildman–Crippen MR) is 166 cm³/mol. The molecule has 0 N–H and O–H groups in total. The highest BCUT2D eigenvalue weighted by atomic mass is 32.2. The molecular formula is C31H63NO3SSi. The zero-order chi connectivity index (χ0) is 26.7. The largest absolute Gasteiger partial charge is 0.354 e. The van der Waals surface area contributed by atoms with Crippen molar-refractivity contribution in [2.75, 3.05) is 25.7 Å². The second-order valence-corrected chi connectivity index (χ2v) is 15.4. The lowest BCUT2D eigenvalue weighted by Crippen LogP contribution is -2.41. The summed E-state index contributed by atoms with van der Waals surface area (Å²) >= 11 is 1.59. The van der Waals surface area contributed by atoms with Gasteiger partial charge >= 0.3 is 0 Å². The fourth-order valence-electron chi connectivity index (χ4n) is 5.27. The molecule has 1 aliphatic rings. The van der Waals surface area contributed by atoms with Gasteiger partial charge in [-0.3, -0.25) is 9.63 Å². The average Bonchev–Trinajstić information content (AvgIpc) is 2.89. The summed E-state index contributed by atoms with van der Waals surface area (Å²) in [6.45, 7) is 6.86. The number of hydroxylamine groups is 1. The van der Waals surface area contributed by atoms with E-state index in [-0.39, 0.29) is 0 Å². The van der Waals surface area contributed by atoms with E-state index < -0.39 is 8.96 Å². The standard InChI is InChI=1S/C31H63NO3SSi/c1-3-5-7-9-11-12-13-15-19-24-31(33)36-27-23-29-37-28-22-18-16-20-25-32(37)35-30-34-26-21-17-14-10-8-6-4-2/h37H,3-30H2,1-2H3. The Hall–Kier alpha value is 0.117. The van der Waals surface area contributed by atoms with Crippen LogP contribution >= 0.6 is 11.8 Å². The van der Waals surface area contributed by atoms with Crippen LogP contribution in [0.3, 0.4) is 0 Å². The van der Waals surface area contributed by atoms with E-state index in [2.05, 4.69) is 18.6 Å².